The SMILES string of the molecule is Cc1ccc(Cc2nsc(N3CCN(S(=O)(=O)c4ccc(C(C)(C)C)cc4)C(C)C3)n2)cc1. The van der Waals surface area contributed by atoms with E-state index in [0.717, 1.165) is 16.5 Å². The van der Waals surface area contributed by atoms with Crippen LogP contribution >= 0.6 is 11.5 Å². The number of aryl methyl sites for hydroxylation is 1. The van der Waals surface area contributed by atoms with Crippen LogP contribution in [0.15, 0.2) is 53.4 Å². The maximum absolute atomic E-state index is 13.3. The van der Waals surface area contributed by atoms with Crippen LogP contribution in [0.2, 0.25) is 0 Å². The summed E-state index contributed by atoms with van der Waals surface area (Å²) in [7, 11) is -3.54. The van der Waals surface area contributed by atoms with Gasteiger partial charge in [-0.05, 0) is 42.5 Å². The highest BCUT2D eigenvalue weighted by Gasteiger charge is 2.34. The number of benzene rings is 2. The Hall–Kier alpha value is -2.29. The molecule has 0 bridgehead atoms. The summed E-state index contributed by atoms with van der Waals surface area (Å²) in [5.74, 6) is 0.806. The molecule has 1 aliphatic heterocycles. The van der Waals surface area contributed by atoms with Crippen LogP contribution in [0.3, 0.4) is 0 Å². The quantitative estimate of drug-likeness (QED) is 0.528. The van der Waals surface area contributed by atoms with Gasteiger partial charge in [0.25, 0.3) is 0 Å². The summed E-state index contributed by atoms with van der Waals surface area (Å²) in [5, 5.41) is 0.857. The molecule has 0 radical (unpaired) electrons. The van der Waals surface area contributed by atoms with E-state index in [1.165, 1.54) is 22.7 Å². The van der Waals surface area contributed by atoms with Gasteiger partial charge in [0.2, 0.25) is 15.2 Å². The Labute approximate surface area is 201 Å². The maximum atomic E-state index is 13.3. The molecule has 0 amide bonds. The second-order valence-electron chi connectivity index (χ2n) is 9.84. The summed E-state index contributed by atoms with van der Waals surface area (Å²) >= 11 is 1.39. The summed E-state index contributed by atoms with van der Waals surface area (Å²) in [6.07, 6.45) is 0.700. The molecule has 1 atom stereocenters. The molecule has 0 saturated carbocycles. The lowest BCUT2D eigenvalue weighted by molar-refractivity contribution is 0.306. The Balaban J connectivity index is 1.43. The van der Waals surface area contributed by atoms with E-state index < -0.39 is 10.0 Å². The highest BCUT2D eigenvalue weighted by molar-refractivity contribution is 7.89. The zero-order chi connectivity index (χ0) is 23.8. The largest absolute Gasteiger partial charge is 0.344 e. The first-order chi connectivity index (χ1) is 15.5. The normalized spacial score (nSPS) is 18.0. The van der Waals surface area contributed by atoms with Gasteiger partial charge < -0.3 is 4.90 Å². The number of sulfonamides is 1. The van der Waals surface area contributed by atoms with Crippen molar-refractivity contribution in [2.75, 3.05) is 24.5 Å². The van der Waals surface area contributed by atoms with Crippen LogP contribution in [0.25, 0.3) is 0 Å². The first-order valence-corrected chi connectivity index (χ1v) is 13.5. The van der Waals surface area contributed by atoms with Crippen molar-refractivity contribution >= 4 is 26.7 Å². The lowest BCUT2D eigenvalue weighted by atomic mass is 9.87. The van der Waals surface area contributed by atoms with Gasteiger partial charge in [0, 0.05) is 43.6 Å². The predicted molar refractivity (Wildman–Crippen MR) is 135 cm³/mol. The summed E-state index contributed by atoms with van der Waals surface area (Å²) < 4.78 is 32.8. The molecule has 1 unspecified atom stereocenters. The first kappa shape index (κ1) is 23.9. The van der Waals surface area contributed by atoms with E-state index in [1.54, 1.807) is 16.4 Å². The van der Waals surface area contributed by atoms with Gasteiger partial charge in [-0.1, -0.05) is 62.7 Å². The molecule has 4 rings (SSSR count). The van der Waals surface area contributed by atoms with E-state index in [0.29, 0.717) is 31.0 Å². The van der Waals surface area contributed by atoms with Crippen molar-refractivity contribution in [3.8, 4) is 0 Å². The van der Waals surface area contributed by atoms with E-state index in [2.05, 4.69) is 61.2 Å². The van der Waals surface area contributed by atoms with E-state index >= 15 is 0 Å². The van der Waals surface area contributed by atoms with Crippen molar-refractivity contribution < 1.29 is 8.42 Å². The van der Waals surface area contributed by atoms with Crippen LogP contribution in [0.4, 0.5) is 5.13 Å². The van der Waals surface area contributed by atoms with Gasteiger partial charge in [0.1, 0.15) is 5.82 Å². The third-order valence-corrected chi connectivity index (χ3v) is 8.95. The Bertz CT molecular complexity index is 1200. The highest BCUT2D eigenvalue weighted by Crippen LogP contribution is 2.28. The molecule has 6 nitrogen and oxygen atoms in total. The minimum atomic E-state index is -3.54. The number of rotatable bonds is 5. The third-order valence-electron chi connectivity index (χ3n) is 6.10. The molecule has 3 aromatic rings. The summed E-state index contributed by atoms with van der Waals surface area (Å²) in [5.41, 5.74) is 3.53. The summed E-state index contributed by atoms with van der Waals surface area (Å²) in [4.78, 5) is 7.23. The van der Waals surface area contributed by atoms with Crippen LogP contribution in [0.1, 0.15) is 50.2 Å². The van der Waals surface area contributed by atoms with Crippen molar-refractivity contribution in [1.29, 1.82) is 0 Å². The van der Waals surface area contributed by atoms with Crippen molar-refractivity contribution in [3.63, 3.8) is 0 Å². The van der Waals surface area contributed by atoms with Crippen LogP contribution in [0.5, 0.6) is 0 Å². The van der Waals surface area contributed by atoms with Crippen molar-refractivity contribution in [3.05, 3.63) is 71.0 Å². The minimum absolute atomic E-state index is 0.0126. The van der Waals surface area contributed by atoms with Gasteiger partial charge in [-0.15, -0.1) is 0 Å². The summed E-state index contributed by atoms with van der Waals surface area (Å²) in [6.45, 7) is 12.0. The molecular weight excluding hydrogens is 452 g/mol. The second-order valence-corrected chi connectivity index (χ2v) is 12.5. The summed E-state index contributed by atoms with van der Waals surface area (Å²) in [6, 6.07) is 15.6. The van der Waals surface area contributed by atoms with Crippen molar-refractivity contribution in [1.82, 2.24) is 13.7 Å². The number of anilines is 1. The smallest absolute Gasteiger partial charge is 0.243 e. The van der Waals surface area contributed by atoms with Crippen LogP contribution in [-0.2, 0) is 21.9 Å². The minimum Gasteiger partial charge on any atom is -0.344 e. The molecule has 2 heterocycles. The maximum Gasteiger partial charge on any atom is 0.243 e. The van der Waals surface area contributed by atoms with Crippen molar-refractivity contribution in [2.24, 2.45) is 0 Å². The van der Waals surface area contributed by atoms with Gasteiger partial charge in [-0.3, -0.25) is 0 Å². The fraction of sp³-hybridized carbons (Fsp3) is 0.440. The van der Waals surface area contributed by atoms with E-state index in [4.69, 9.17) is 4.98 Å². The monoisotopic (exact) mass is 484 g/mol. The Morgan fingerprint density at radius 3 is 2.30 bits per heavy atom. The molecule has 33 heavy (non-hydrogen) atoms. The molecule has 2 aromatic carbocycles. The van der Waals surface area contributed by atoms with E-state index in [9.17, 15) is 8.42 Å². The number of aromatic nitrogens is 2. The van der Waals surface area contributed by atoms with Gasteiger partial charge in [0.15, 0.2) is 0 Å². The molecule has 1 aliphatic rings. The molecule has 0 spiro atoms. The standard InChI is InChI=1S/C25H32N4O2S2/c1-18-6-8-20(9-7-18)16-23-26-24(32-27-23)28-14-15-29(19(2)17-28)33(30,31)22-12-10-21(11-13-22)25(3,4)5/h6-13,19H,14-17H2,1-5H3. The lowest BCUT2D eigenvalue weighted by Crippen LogP contribution is -2.54. The average Bonchev–Trinajstić information content (AvgIpc) is 3.23. The van der Waals surface area contributed by atoms with Crippen LogP contribution in [0, 0.1) is 6.92 Å². The zero-order valence-electron chi connectivity index (χ0n) is 19.9. The fourth-order valence-electron chi connectivity index (χ4n) is 4.07. The van der Waals surface area contributed by atoms with Crippen molar-refractivity contribution in [2.45, 2.75) is 57.4 Å². The van der Waals surface area contributed by atoms with E-state index in [1.807, 2.05) is 19.1 Å². The molecule has 8 heteroatoms. The number of hydrogen-bond acceptors (Lipinski definition) is 6. The van der Waals surface area contributed by atoms with Crippen LogP contribution < -0.4 is 4.90 Å². The second kappa shape index (κ2) is 9.16. The first-order valence-electron chi connectivity index (χ1n) is 11.3. The molecule has 0 N–H and O–H groups in total. The predicted octanol–water partition coefficient (Wildman–Crippen LogP) is 4.63. The fourth-order valence-corrected chi connectivity index (χ4v) is 6.40. The topological polar surface area (TPSA) is 66.4 Å². The van der Waals surface area contributed by atoms with Gasteiger partial charge >= 0.3 is 0 Å². The number of hydrogen-bond donors (Lipinski definition) is 0. The number of piperazine rings is 1. The molecule has 1 fully saturated rings. The molecule has 176 valence electrons. The van der Waals surface area contributed by atoms with Gasteiger partial charge in [0.05, 0.1) is 4.90 Å². The Morgan fingerprint density at radius 2 is 1.70 bits per heavy atom. The molecule has 0 aliphatic carbocycles. The van der Waals surface area contributed by atoms with Crippen LogP contribution in [-0.4, -0.2) is 47.8 Å². The Kier molecular flexibility index (Phi) is 6.62. The Morgan fingerprint density at radius 1 is 1.03 bits per heavy atom. The zero-order valence-corrected chi connectivity index (χ0v) is 21.6. The molecule has 1 aromatic heterocycles. The van der Waals surface area contributed by atoms with E-state index in [-0.39, 0.29) is 11.5 Å². The average molecular weight is 485 g/mol. The highest BCUT2D eigenvalue weighted by atomic mass is 32.2. The number of nitrogens with zero attached hydrogens (tertiary/aromatic N) is 4. The lowest BCUT2D eigenvalue weighted by Gasteiger charge is -2.38. The molecule has 1 saturated heterocycles. The van der Waals surface area contributed by atoms with Gasteiger partial charge in [-0.25, -0.2) is 13.4 Å². The molecular formula is C25H32N4O2S2. The third kappa shape index (κ3) is 5.28. The van der Waals surface area contributed by atoms with Gasteiger partial charge in [-0.2, -0.15) is 8.68 Å².